The van der Waals surface area contributed by atoms with Crippen molar-refractivity contribution in [2.45, 2.75) is 0 Å². The molecule has 0 saturated carbocycles. The zero-order chi connectivity index (χ0) is 40.9. The molecule has 0 N–H and O–H groups in total. The number of benzene rings is 7. The van der Waals surface area contributed by atoms with E-state index in [1.165, 1.54) is 0 Å². The summed E-state index contributed by atoms with van der Waals surface area (Å²) < 4.78 is 4.42. The number of hydrogen-bond donors (Lipinski definition) is 0. The Balaban J connectivity index is 1.28. The summed E-state index contributed by atoms with van der Waals surface area (Å²) in [5.41, 5.74) is 12.5. The van der Waals surface area contributed by atoms with Crippen LogP contribution >= 0.6 is 0 Å². The standard InChI is InChI=1S/C52H26N8/c53-27-32-17-33(28-54)20-40(19-32)38-9-11-48-44(25-38)42-5-1-3-7-46(42)59(48)50-23-36(31-57)24-51(52(50)37-13-15-58-16-14-37)60-47-8-4-2-6-43(47)45-26-39(10-12-49(45)60)41-21-34(29-55)18-35(22-41)30-56/h1-26H. The van der Waals surface area contributed by atoms with Crippen LogP contribution in [0.5, 0.6) is 0 Å². The first kappa shape index (κ1) is 35.2. The second kappa shape index (κ2) is 14.0. The summed E-state index contributed by atoms with van der Waals surface area (Å²) in [6, 6.07) is 58.1. The third kappa shape index (κ3) is 5.61. The Bertz CT molecular complexity index is 3390. The number of aromatic nitrogens is 3. The fourth-order valence-electron chi connectivity index (χ4n) is 8.51. The Kier molecular flexibility index (Phi) is 8.23. The van der Waals surface area contributed by atoms with E-state index in [4.69, 9.17) is 0 Å². The molecule has 0 fully saturated rings. The fourth-order valence-corrected chi connectivity index (χ4v) is 8.51. The molecule has 8 nitrogen and oxygen atoms in total. The van der Waals surface area contributed by atoms with E-state index in [0.29, 0.717) is 27.8 Å². The van der Waals surface area contributed by atoms with Gasteiger partial charge in [0.2, 0.25) is 0 Å². The van der Waals surface area contributed by atoms with Crippen LogP contribution in [0.4, 0.5) is 0 Å². The molecule has 0 saturated heterocycles. The first-order valence-electron chi connectivity index (χ1n) is 19.0. The maximum absolute atomic E-state index is 10.7. The van der Waals surface area contributed by atoms with E-state index in [2.05, 4.69) is 93.0 Å². The smallest absolute Gasteiger partial charge is 0.0993 e. The Morgan fingerprint density at radius 2 is 0.717 bits per heavy atom. The zero-order valence-corrected chi connectivity index (χ0v) is 31.6. The van der Waals surface area contributed by atoms with Gasteiger partial charge in [0, 0.05) is 39.5 Å². The molecule has 0 spiro atoms. The summed E-state index contributed by atoms with van der Waals surface area (Å²) in [4.78, 5) is 4.37. The number of hydrogen-bond acceptors (Lipinski definition) is 6. The minimum absolute atomic E-state index is 0.414. The average molecular weight is 763 g/mol. The fraction of sp³-hybridized carbons (Fsp3) is 0. The second-order valence-corrected chi connectivity index (χ2v) is 14.5. The summed E-state index contributed by atoms with van der Waals surface area (Å²) in [5, 5.41) is 53.6. The Labute approximate surface area is 343 Å². The normalized spacial score (nSPS) is 10.9. The minimum atomic E-state index is 0.414. The summed E-state index contributed by atoms with van der Waals surface area (Å²) in [6.07, 6.45) is 3.54. The van der Waals surface area contributed by atoms with Gasteiger partial charge in [-0.3, -0.25) is 4.98 Å². The lowest BCUT2D eigenvalue weighted by atomic mass is 9.98. The summed E-state index contributed by atoms with van der Waals surface area (Å²) >= 11 is 0. The summed E-state index contributed by atoms with van der Waals surface area (Å²) in [7, 11) is 0. The molecule has 8 heteroatoms. The second-order valence-electron chi connectivity index (χ2n) is 14.5. The highest BCUT2D eigenvalue weighted by Gasteiger charge is 2.24. The molecule has 3 aromatic heterocycles. The third-order valence-electron chi connectivity index (χ3n) is 11.1. The number of pyridine rings is 1. The highest BCUT2D eigenvalue weighted by atomic mass is 15.0. The van der Waals surface area contributed by atoms with Crippen LogP contribution in [0, 0.1) is 56.7 Å². The molecule has 0 bridgehead atoms. The van der Waals surface area contributed by atoms with Crippen LogP contribution < -0.4 is 0 Å². The lowest BCUT2D eigenvalue weighted by molar-refractivity contribution is 1.13. The number of fused-ring (bicyclic) bond motifs is 6. The highest BCUT2D eigenvalue weighted by molar-refractivity contribution is 6.13. The SMILES string of the molecule is N#Cc1cc(C#N)cc(-c2ccc3c(c2)c2ccccc2n3-c2cc(C#N)cc(-n3c4ccccc4c4cc(-c5cc(C#N)cc(C#N)c5)ccc43)c2-c2ccncc2)c1. The average Bonchev–Trinajstić information content (AvgIpc) is 3.83. The third-order valence-corrected chi connectivity index (χ3v) is 11.1. The number of rotatable bonds is 5. The molecule has 60 heavy (non-hydrogen) atoms. The molecule has 7 aromatic carbocycles. The van der Waals surface area contributed by atoms with Crippen LogP contribution in [0.2, 0.25) is 0 Å². The van der Waals surface area contributed by atoms with Crippen molar-refractivity contribution >= 4 is 43.6 Å². The van der Waals surface area contributed by atoms with Crippen LogP contribution in [0.15, 0.2) is 158 Å². The molecule has 0 unspecified atom stereocenters. The van der Waals surface area contributed by atoms with Gasteiger partial charge in [-0.15, -0.1) is 0 Å². The van der Waals surface area contributed by atoms with Crippen molar-refractivity contribution in [3.63, 3.8) is 0 Å². The molecule has 0 atom stereocenters. The molecule has 0 radical (unpaired) electrons. The van der Waals surface area contributed by atoms with Crippen molar-refractivity contribution in [1.29, 1.82) is 26.3 Å². The van der Waals surface area contributed by atoms with Crippen molar-refractivity contribution in [1.82, 2.24) is 14.1 Å². The Morgan fingerprint density at radius 3 is 1.13 bits per heavy atom. The van der Waals surface area contributed by atoms with Crippen LogP contribution in [-0.4, -0.2) is 14.1 Å². The summed E-state index contributed by atoms with van der Waals surface area (Å²) in [5.74, 6) is 0. The van der Waals surface area contributed by atoms with E-state index in [0.717, 1.165) is 88.4 Å². The van der Waals surface area contributed by atoms with Gasteiger partial charge in [-0.25, -0.2) is 0 Å². The van der Waals surface area contributed by atoms with Crippen molar-refractivity contribution in [2.24, 2.45) is 0 Å². The zero-order valence-electron chi connectivity index (χ0n) is 31.6. The molecule has 0 amide bonds. The predicted octanol–water partition coefficient (Wildman–Crippen LogP) is 11.6. The van der Waals surface area contributed by atoms with Crippen molar-refractivity contribution in [2.75, 3.05) is 0 Å². The molecule has 0 aliphatic carbocycles. The number of nitrogens with zero attached hydrogens (tertiary/aromatic N) is 8. The highest BCUT2D eigenvalue weighted by Crippen LogP contribution is 2.44. The maximum Gasteiger partial charge on any atom is 0.0993 e. The lowest BCUT2D eigenvalue weighted by Crippen LogP contribution is -2.05. The molecular formula is C52H26N8. The van der Waals surface area contributed by atoms with Gasteiger partial charge in [0.1, 0.15) is 0 Å². The quantitative estimate of drug-likeness (QED) is 0.171. The molecule has 10 aromatic rings. The van der Waals surface area contributed by atoms with Crippen molar-refractivity contribution in [3.8, 4) is 75.1 Å². The lowest BCUT2D eigenvalue weighted by Gasteiger charge is -2.21. The molecule has 274 valence electrons. The molecular weight excluding hydrogens is 737 g/mol. The van der Waals surface area contributed by atoms with Gasteiger partial charge in [0.25, 0.3) is 0 Å². The molecule has 0 aliphatic rings. The van der Waals surface area contributed by atoms with E-state index >= 15 is 0 Å². The first-order valence-corrected chi connectivity index (χ1v) is 19.0. The topological polar surface area (TPSA) is 142 Å². The maximum atomic E-state index is 10.7. The first-order chi connectivity index (χ1) is 29.5. The van der Waals surface area contributed by atoms with E-state index in [1.807, 2.05) is 60.7 Å². The van der Waals surface area contributed by atoms with E-state index in [9.17, 15) is 26.3 Å². The van der Waals surface area contributed by atoms with Gasteiger partial charge >= 0.3 is 0 Å². The van der Waals surface area contributed by atoms with E-state index < -0.39 is 0 Å². The summed E-state index contributed by atoms with van der Waals surface area (Å²) in [6.45, 7) is 0. The van der Waals surface area contributed by atoms with E-state index in [1.54, 1.807) is 48.8 Å². The van der Waals surface area contributed by atoms with Crippen LogP contribution in [0.1, 0.15) is 27.8 Å². The monoisotopic (exact) mass is 762 g/mol. The van der Waals surface area contributed by atoms with Crippen molar-refractivity contribution in [3.05, 3.63) is 186 Å². The van der Waals surface area contributed by atoms with Gasteiger partial charge in [-0.1, -0.05) is 48.5 Å². The van der Waals surface area contributed by atoms with Gasteiger partial charge < -0.3 is 9.13 Å². The van der Waals surface area contributed by atoms with Gasteiger partial charge in [-0.05, 0) is 125 Å². The van der Waals surface area contributed by atoms with E-state index in [-0.39, 0.29) is 0 Å². The Hall–Kier alpha value is -9.26. The predicted molar refractivity (Wildman–Crippen MR) is 233 cm³/mol. The van der Waals surface area contributed by atoms with Gasteiger partial charge in [0.05, 0.1) is 91.6 Å². The largest absolute Gasteiger partial charge is 0.308 e. The number of nitriles is 5. The van der Waals surface area contributed by atoms with Crippen LogP contribution in [0.25, 0.3) is 88.4 Å². The number of para-hydroxylation sites is 2. The van der Waals surface area contributed by atoms with Gasteiger partial charge in [0.15, 0.2) is 0 Å². The molecule has 3 heterocycles. The van der Waals surface area contributed by atoms with Gasteiger partial charge in [-0.2, -0.15) is 26.3 Å². The van der Waals surface area contributed by atoms with Crippen LogP contribution in [-0.2, 0) is 0 Å². The minimum Gasteiger partial charge on any atom is -0.308 e. The van der Waals surface area contributed by atoms with Crippen LogP contribution in [0.3, 0.4) is 0 Å². The Morgan fingerprint density at radius 1 is 0.333 bits per heavy atom. The van der Waals surface area contributed by atoms with Crippen molar-refractivity contribution < 1.29 is 0 Å². The molecule has 0 aliphatic heterocycles. The molecule has 10 rings (SSSR count).